The van der Waals surface area contributed by atoms with Gasteiger partial charge in [-0.25, -0.2) is 0 Å². The Morgan fingerprint density at radius 3 is 2.62 bits per heavy atom. The van der Waals surface area contributed by atoms with Gasteiger partial charge in [0.15, 0.2) is 0 Å². The molecule has 1 fully saturated rings. The second-order valence-corrected chi connectivity index (χ2v) is 11.9. The van der Waals surface area contributed by atoms with Crippen LogP contribution in [0.2, 0.25) is 0 Å². The van der Waals surface area contributed by atoms with Gasteiger partial charge >= 0.3 is 0 Å². The van der Waals surface area contributed by atoms with Crippen molar-refractivity contribution >= 4 is 33.7 Å². The van der Waals surface area contributed by atoms with Crippen molar-refractivity contribution in [2.24, 2.45) is 5.92 Å². The molecule has 1 saturated heterocycles. The fourth-order valence-electron chi connectivity index (χ4n) is 6.58. The van der Waals surface area contributed by atoms with Crippen LogP contribution in [0.25, 0.3) is 10.1 Å². The highest BCUT2D eigenvalue weighted by atomic mass is 32.1. The quantitative estimate of drug-likeness (QED) is 0.452. The molecule has 7 nitrogen and oxygen atoms in total. The van der Waals surface area contributed by atoms with Crippen molar-refractivity contribution in [1.82, 2.24) is 14.7 Å². The summed E-state index contributed by atoms with van der Waals surface area (Å²) in [5.41, 5.74) is 2.97. The Kier molecular flexibility index (Phi) is 7.99. The predicted octanol–water partition coefficient (Wildman–Crippen LogP) is 5.07. The highest BCUT2D eigenvalue weighted by Crippen LogP contribution is 2.43. The van der Waals surface area contributed by atoms with E-state index in [0.717, 1.165) is 57.8 Å². The minimum Gasteiger partial charge on any atom is -0.501 e. The fraction of sp³-hybridized carbons (Fsp3) is 0.484. The molecule has 0 N–H and O–H groups in total. The van der Waals surface area contributed by atoms with Crippen molar-refractivity contribution in [1.29, 1.82) is 0 Å². The number of allylic oxidation sites excluding steroid dienone is 1. The number of piperidine rings is 1. The summed E-state index contributed by atoms with van der Waals surface area (Å²) in [5.74, 6) is 1.06. The van der Waals surface area contributed by atoms with E-state index < -0.39 is 0 Å². The Hall–Kier alpha value is -2.94. The van der Waals surface area contributed by atoms with Crippen LogP contribution in [0, 0.1) is 5.92 Å². The maximum Gasteiger partial charge on any atom is 0.263 e. The zero-order valence-corrected chi connectivity index (χ0v) is 24.4. The first kappa shape index (κ1) is 27.6. The van der Waals surface area contributed by atoms with E-state index in [1.807, 2.05) is 28.0 Å². The number of thiophene rings is 1. The summed E-state index contributed by atoms with van der Waals surface area (Å²) in [4.78, 5) is 33.2. The summed E-state index contributed by atoms with van der Waals surface area (Å²) in [6, 6.07) is 10.1. The number of benzene rings is 1. The molecule has 2 aromatic rings. The summed E-state index contributed by atoms with van der Waals surface area (Å²) >= 11 is 1.56. The first-order valence-corrected chi connectivity index (χ1v) is 14.6. The summed E-state index contributed by atoms with van der Waals surface area (Å²) in [5, 5.41) is 1.11. The Morgan fingerprint density at radius 2 is 1.97 bits per heavy atom. The van der Waals surface area contributed by atoms with Crippen LogP contribution in [0.3, 0.4) is 0 Å². The molecule has 1 aromatic carbocycles. The molecule has 0 saturated carbocycles. The van der Waals surface area contributed by atoms with Crippen molar-refractivity contribution in [3.8, 4) is 0 Å². The minimum atomic E-state index is -0.355. The molecule has 39 heavy (non-hydrogen) atoms. The van der Waals surface area contributed by atoms with Gasteiger partial charge in [-0.3, -0.25) is 14.5 Å². The van der Waals surface area contributed by atoms with E-state index >= 15 is 0 Å². The van der Waals surface area contributed by atoms with Gasteiger partial charge in [0, 0.05) is 42.9 Å². The minimum absolute atomic E-state index is 0.0836. The van der Waals surface area contributed by atoms with Gasteiger partial charge in [0.05, 0.1) is 35.9 Å². The largest absolute Gasteiger partial charge is 0.501 e. The van der Waals surface area contributed by atoms with Crippen LogP contribution in [0.1, 0.15) is 42.8 Å². The van der Waals surface area contributed by atoms with Gasteiger partial charge in [-0.05, 0) is 61.2 Å². The average Bonchev–Trinajstić information content (AvgIpc) is 3.35. The van der Waals surface area contributed by atoms with E-state index in [9.17, 15) is 9.59 Å². The topological polar surface area (TPSA) is 62.3 Å². The molecule has 2 amide bonds. The highest BCUT2D eigenvalue weighted by molar-refractivity contribution is 7.20. The van der Waals surface area contributed by atoms with Gasteiger partial charge in [-0.1, -0.05) is 38.1 Å². The SMILES string of the molecule is CCN(C)C1(C2=CC(C)C3=C(C=C(OC)CC3OC)CN2C=O)CCN(C(=O)c2cc3ccccc3s2)CC1. The molecule has 0 radical (unpaired) electrons. The lowest BCUT2D eigenvalue weighted by Crippen LogP contribution is -2.58. The number of hydrogen-bond donors (Lipinski definition) is 0. The zero-order chi connectivity index (χ0) is 27.7. The first-order valence-electron chi connectivity index (χ1n) is 13.8. The second-order valence-electron chi connectivity index (χ2n) is 10.8. The van der Waals surface area contributed by atoms with Gasteiger partial charge in [0.1, 0.15) is 0 Å². The van der Waals surface area contributed by atoms with E-state index in [0.29, 0.717) is 26.1 Å². The number of amides is 2. The second kappa shape index (κ2) is 11.3. The molecule has 2 unspecified atom stereocenters. The predicted molar refractivity (Wildman–Crippen MR) is 156 cm³/mol. The number of methoxy groups -OCH3 is 2. The number of fused-ring (bicyclic) bond motifs is 1. The van der Waals surface area contributed by atoms with Crippen LogP contribution in [0.4, 0.5) is 0 Å². The van der Waals surface area contributed by atoms with Gasteiger partial charge in [0.2, 0.25) is 6.41 Å². The molecular weight excluding hydrogens is 510 g/mol. The lowest BCUT2D eigenvalue weighted by atomic mass is 9.79. The van der Waals surface area contributed by atoms with E-state index in [1.54, 1.807) is 25.6 Å². The zero-order valence-electron chi connectivity index (χ0n) is 23.6. The van der Waals surface area contributed by atoms with Gasteiger partial charge in [-0.2, -0.15) is 0 Å². The molecular formula is C31H39N3O4S. The number of rotatable bonds is 7. The molecule has 3 aliphatic rings. The molecule has 2 aliphatic heterocycles. The van der Waals surface area contributed by atoms with Crippen LogP contribution in [-0.4, -0.2) is 86.1 Å². The van der Waals surface area contributed by atoms with Crippen molar-refractivity contribution in [3.05, 3.63) is 70.0 Å². The third-order valence-corrected chi connectivity index (χ3v) is 9.96. The molecule has 2 atom stereocenters. The molecule has 1 aliphatic carbocycles. The summed E-state index contributed by atoms with van der Waals surface area (Å²) in [6.07, 6.45) is 7.43. The maximum atomic E-state index is 13.5. The number of carbonyl (C=O) groups is 2. The number of ether oxygens (including phenoxy) is 2. The van der Waals surface area contributed by atoms with Gasteiger partial charge < -0.3 is 19.3 Å². The number of carbonyl (C=O) groups excluding carboxylic acids is 2. The lowest BCUT2D eigenvalue weighted by Gasteiger charge is -2.50. The van der Waals surface area contributed by atoms with E-state index in [2.05, 4.69) is 50.1 Å². The van der Waals surface area contributed by atoms with Crippen LogP contribution in [-0.2, 0) is 14.3 Å². The van der Waals surface area contributed by atoms with E-state index in [-0.39, 0.29) is 23.5 Å². The van der Waals surface area contributed by atoms with E-state index in [1.165, 1.54) is 5.57 Å². The van der Waals surface area contributed by atoms with Crippen LogP contribution >= 0.6 is 11.3 Å². The monoisotopic (exact) mass is 549 g/mol. The fourth-order valence-corrected chi connectivity index (χ4v) is 7.61. The lowest BCUT2D eigenvalue weighted by molar-refractivity contribution is -0.117. The molecule has 208 valence electrons. The Bertz CT molecular complexity index is 1300. The van der Waals surface area contributed by atoms with Crippen LogP contribution < -0.4 is 0 Å². The average molecular weight is 550 g/mol. The molecule has 0 spiro atoms. The van der Waals surface area contributed by atoms with Crippen molar-refractivity contribution in [2.75, 3.05) is 47.4 Å². The number of likely N-dealkylation sites (tertiary alicyclic amines) is 1. The Morgan fingerprint density at radius 1 is 1.23 bits per heavy atom. The standard InChI is InChI=1S/C31H39N3O4S/c1-6-32(3)31(11-13-33(14-12-31)30(36)27-17-22-9-7-8-10-26(22)39-27)28-15-21(2)29-23(19-34(28)20-35)16-24(37-4)18-25(29)38-5/h7-10,15-17,20-21,25H,6,11-14,18-19H2,1-5H3. The molecule has 3 heterocycles. The number of nitrogens with zero attached hydrogens (tertiary/aromatic N) is 3. The van der Waals surface area contributed by atoms with Gasteiger partial charge in [-0.15, -0.1) is 11.3 Å². The van der Waals surface area contributed by atoms with Gasteiger partial charge in [0.25, 0.3) is 5.91 Å². The normalized spacial score (nSPS) is 23.3. The van der Waals surface area contributed by atoms with Crippen molar-refractivity contribution in [3.63, 3.8) is 0 Å². The maximum absolute atomic E-state index is 13.5. The Labute approximate surface area is 235 Å². The molecule has 0 bridgehead atoms. The summed E-state index contributed by atoms with van der Waals surface area (Å²) in [7, 11) is 5.56. The van der Waals surface area contributed by atoms with Crippen LogP contribution in [0.15, 0.2) is 65.1 Å². The number of hydrogen-bond acceptors (Lipinski definition) is 6. The van der Waals surface area contributed by atoms with E-state index in [4.69, 9.17) is 9.47 Å². The summed E-state index contributed by atoms with van der Waals surface area (Å²) < 4.78 is 12.6. The summed E-state index contributed by atoms with van der Waals surface area (Å²) in [6.45, 7) is 6.94. The third-order valence-electron chi connectivity index (χ3n) is 8.86. The highest BCUT2D eigenvalue weighted by Gasteiger charge is 2.46. The van der Waals surface area contributed by atoms with Crippen LogP contribution in [0.5, 0.6) is 0 Å². The smallest absolute Gasteiger partial charge is 0.263 e. The molecule has 8 heteroatoms. The Balaban J connectivity index is 1.45. The van der Waals surface area contributed by atoms with Crippen molar-refractivity contribution < 1.29 is 19.1 Å². The number of likely N-dealkylation sites (N-methyl/N-ethyl adjacent to an activating group) is 1. The first-order chi connectivity index (χ1) is 18.8. The van der Waals surface area contributed by atoms with Crippen molar-refractivity contribution in [2.45, 2.75) is 44.8 Å². The molecule has 5 rings (SSSR count). The molecule has 1 aromatic heterocycles. The third kappa shape index (κ3) is 4.94.